The number of fused-ring (bicyclic) bond motifs is 1. The molecule has 0 bridgehead atoms. The lowest BCUT2D eigenvalue weighted by molar-refractivity contribution is 0.0705. The van der Waals surface area contributed by atoms with Gasteiger partial charge in [0, 0.05) is 16.5 Å². The first-order valence-electron chi connectivity index (χ1n) is 9.35. The molecule has 1 aromatic heterocycles. The molecule has 0 saturated heterocycles. The highest BCUT2D eigenvalue weighted by Gasteiger charge is 2.23. The Bertz CT molecular complexity index is 957. The van der Waals surface area contributed by atoms with Crippen LogP contribution < -0.4 is 4.74 Å². The highest BCUT2D eigenvalue weighted by Crippen LogP contribution is 2.27. The van der Waals surface area contributed by atoms with E-state index in [1.54, 1.807) is 0 Å². The minimum absolute atomic E-state index is 0.00457. The van der Waals surface area contributed by atoms with Crippen molar-refractivity contribution in [2.24, 2.45) is 5.41 Å². The molecule has 148 valence electrons. The molecule has 0 aliphatic heterocycles. The summed E-state index contributed by atoms with van der Waals surface area (Å²) < 4.78 is 10.9. The summed E-state index contributed by atoms with van der Waals surface area (Å²) in [6.45, 7) is 6.87. The van der Waals surface area contributed by atoms with Gasteiger partial charge in [0.1, 0.15) is 18.2 Å². The fourth-order valence-electron chi connectivity index (χ4n) is 2.84. The van der Waals surface area contributed by atoms with Crippen molar-refractivity contribution in [3.63, 3.8) is 0 Å². The molecule has 6 nitrogen and oxygen atoms in total. The molecule has 1 heterocycles. The van der Waals surface area contributed by atoms with Crippen LogP contribution in [0.5, 0.6) is 5.75 Å². The van der Waals surface area contributed by atoms with Gasteiger partial charge in [-0.3, -0.25) is 4.79 Å². The summed E-state index contributed by atoms with van der Waals surface area (Å²) in [7, 11) is 0. The van der Waals surface area contributed by atoms with Gasteiger partial charge in [0.05, 0.1) is 30.9 Å². The van der Waals surface area contributed by atoms with Crippen molar-refractivity contribution in [3.8, 4) is 17.1 Å². The van der Waals surface area contributed by atoms with E-state index in [-0.39, 0.29) is 12.4 Å². The average molecular weight is 382 g/mol. The number of H-pyrrole nitrogens is 1. The van der Waals surface area contributed by atoms with Crippen molar-refractivity contribution in [2.75, 3.05) is 26.4 Å². The quantitative estimate of drug-likeness (QED) is 0.457. The monoisotopic (exact) mass is 382 g/mol. The number of aliphatic hydroxyl groups is 1. The molecule has 0 aliphatic carbocycles. The summed E-state index contributed by atoms with van der Waals surface area (Å²) in [6.07, 6.45) is 0. The number of carbonyl (C=O) groups excluding carboxylic acids is 1. The van der Waals surface area contributed by atoms with E-state index >= 15 is 0 Å². The van der Waals surface area contributed by atoms with Crippen molar-refractivity contribution in [1.29, 1.82) is 0 Å². The van der Waals surface area contributed by atoms with Gasteiger partial charge in [0.2, 0.25) is 0 Å². The fraction of sp³-hybridized carbons (Fsp3) is 0.364. The van der Waals surface area contributed by atoms with Crippen LogP contribution in [0.1, 0.15) is 31.1 Å². The molecule has 28 heavy (non-hydrogen) atoms. The first kappa shape index (κ1) is 20.0. The predicted molar refractivity (Wildman–Crippen MR) is 109 cm³/mol. The maximum absolute atomic E-state index is 12.5. The number of nitrogens with one attached hydrogen (secondary N) is 1. The molecule has 0 amide bonds. The van der Waals surface area contributed by atoms with Gasteiger partial charge in [0.25, 0.3) is 0 Å². The normalized spacial score (nSPS) is 11.7. The second-order valence-corrected chi connectivity index (χ2v) is 7.61. The predicted octanol–water partition coefficient (Wildman–Crippen LogP) is 3.85. The lowest BCUT2D eigenvalue weighted by Crippen LogP contribution is -2.19. The van der Waals surface area contributed by atoms with Gasteiger partial charge in [-0.25, -0.2) is 4.98 Å². The maximum Gasteiger partial charge on any atom is 0.168 e. The molecule has 0 unspecified atom stereocenters. The van der Waals surface area contributed by atoms with E-state index < -0.39 is 5.41 Å². The number of rotatable bonds is 8. The van der Waals surface area contributed by atoms with Crippen LogP contribution >= 0.6 is 0 Å². The van der Waals surface area contributed by atoms with Crippen LogP contribution in [-0.4, -0.2) is 47.3 Å². The van der Waals surface area contributed by atoms with Gasteiger partial charge in [-0.1, -0.05) is 32.9 Å². The first-order chi connectivity index (χ1) is 13.4. The van der Waals surface area contributed by atoms with Crippen molar-refractivity contribution in [3.05, 3.63) is 48.0 Å². The zero-order chi connectivity index (χ0) is 20.1. The van der Waals surface area contributed by atoms with Crippen LogP contribution in [-0.2, 0) is 4.74 Å². The van der Waals surface area contributed by atoms with Crippen molar-refractivity contribution >= 4 is 16.8 Å². The van der Waals surface area contributed by atoms with Gasteiger partial charge in [-0.05, 0) is 30.3 Å². The number of Topliss-reactive ketones (excluding diaryl/α,β-unsaturated/α-hetero) is 1. The first-order valence-corrected chi connectivity index (χ1v) is 9.35. The number of imidazole rings is 1. The summed E-state index contributed by atoms with van der Waals surface area (Å²) in [6, 6.07) is 13.2. The van der Waals surface area contributed by atoms with Gasteiger partial charge in [-0.15, -0.1) is 0 Å². The number of aliphatic hydroxyl groups excluding tert-OH is 1. The summed E-state index contributed by atoms with van der Waals surface area (Å²) in [5.74, 6) is 1.53. The molecule has 2 aromatic carbocycles. The van der Waals surface area contributed by atoms with Crippen molar-refractivity contribution in [2.45, 2.75) is 20.8 Å². The largest absolute Gasteiger partial charge is 0.491 e. The average Bonchev–Trinajstić information content (AvgIpc) is 3.10. The summed E-state index contributed by atoms with van der Waals surface area (Å²) in [5.41, 5.74) is 2.77. The van der Waals surface area contributed by atoms with Crippen LogP contribution in [0, 0.1) is 5.41 Å². The Morgan fingerprint density at radius 3 is 2.68 bits per heavy atom. The molecule has 0 aliphatic rings. The number of aromatic amines is 1. The van der Waals surface area contributed by atoms with Crippen LogP contribution in [0.4, 0.5) is 0 Å². The highest BCUT2D eigenvalue weighted by molar-refractivity contribution is 6.02. The van der Waals surface area contributed by atoms with E-state index in [0.29, 0.717) is 31.1 Å². The molecule has 6 heteroatoms. The second-order valence-electron chi connectivity index (χ2n) is 7.61. The van der Waals surface area contributed by atoms with Crippen LogP contribution in [0.3, 0.4) is 0 Å². The van der Waals surface area contributed by atoms with E-state index in [0.717, 1.165) is 22.4 Å². The Morgan fingerprint density at radius 1 is 1.11 bits per heavy atom. The van der Waals surface area contributed by atoms with Crippen LogP contribution in [0.2, 0.25) is 0 Å². The summed E-state index contributed by atoms with van der Waals surface area (Å²) in [4.78, 5) is 20.5. The zero-order valence-corrected chi connectivity index (χ0v) is 16.5. The third-order valence-electron chi connectivity index (χ3n) is 4.27. The molecule has 0 atom stereocenters. The molecule has 0 fully saturated rings. The van der Waals surface area contributed by atoms with E-state index in [2.05, 4.69) is 9.97 Å². The van der Waals surface area contributed by atoms with Crippen LogP contribution in [0.25, 0.3) is 22.4 Å². The summed E-state index contributed by atoms with van der Waals surface area (Å²) in [5, 5.41) is 8.70. The van der Waals surface area contributed by atoms with E-state index in [9.17, 15) is 4.79 Å². The number of carbonyl (C=O) groups is 1. The number of hydrogen-bond donors (Lipinski definition) is 2. The SMILES string of the molecule is CC(C)(C)C(=O)c1ccc2[nH]c(-c3cccc(OCCOCCO)c3)nc2c1. The molecule has 3 aromatic rings. The molecule has 0 radical (unpaired) electrons. The molecular formula is C22H26N2O4. The number of ether oxygens (including phenoxy) is 2. The number of hydrogen-bond acceptors (Lipinski definition) is 5. The molecule has 0 spiro atoms. The highest BCUT2D eigenvalue weighted by atomic mass is 16.5. The van der Waals surface area contributed by atoms with Crippen LogP contribution in [0.15, 0.2) is 42.5 Å². The van der Waals surface area contributed by atoms with Crippen molar-refractivity contribution < 1.29 is 19.4 Å². The Hall–Kier alpha value is -2.70. The Morgan fingerprint density at radius 2 is 1.93 bits per heavy atom. The Kier molecular flexibility index (Phi) is 6.11. The Labute approximate surface area is 164 Å². The summed E-state index contributed by atoms with van der Waals surface area (Å²) >= 11 is 0. The number of benzene rings is 2. The van der Waals surface area contributed by atoms with E-state index in [1.807, 2.05) is 63.2 Å². The fourth-order valence-corrected chi connectivity index (χ4v) is 2.84. The number of aromatic nitrogens is 2. The third kappa shape index (κ3) is 4.77. The van der Waals surface area contributed by atoms with Gasteiger partial charge in [0.15, 0.2) is 5.78 Å². The minimum Gasteiger partial charge on any atom is -0.491 e. The third-order valence-corrected chi connectivity index (χ3v) is 4.27. The molecule has 0 saturated carbocycles. The molecule has 3 rings (SSSR count). The van der Waals surface area contributed by atoms with Gasteiger partial charge in [-0.2, -0.15) is 0 Å². The lowest BCUT2D eigenvalue weighted by atomic mass is 9.86. The molecule has 2 N–H and O–H groups in total. The second kappa shape index (κ2) is 8.54. The van der Waals surface area contributed by atoms with E-state index in [4.69, 9.17) is 14.6 Å². The smallest absolute Gasteiger partial charge is 0.168 e. The Balaban J connectivity index is 1.78. The van der Waals surface area contributed by atoms with E-state index in [1.165, 1.54) is 0 Å². The number of ketones is 1. The lowest BCUT2D eigenvalue weighted by Gasteiger charge is -2.16. The minimum atomic E-state index is -0.431. The maximum atomic E-state index is 12.5. The zero-order valence-electron chi connectivity index (χ0n) is 16.5. The van der Waals surface area contributed by atoms with Gasteiger partial charge >= 0.3 is 0 Å². The number of nitrogens with zero attached hydrogens (tertiary/aromatic N) is 1. The van der Waals surface area contributed by atoms with Gasteiger partial charge < -0.3 is 19.6 Å². The van der Waals surface area contributed by atoms with Crippen molar-refractivity contribution in [1.82, 2.24) is 9.97 Å². The standard InChI is InChI=1S/C22H26N2O4/c1-22(2,3)20(26)15-7-8-18-19(14-15)24-21(23-18)16-5-4-6-17(13-16)28-12-11-27-10-9-25/h4-8,13-14,25H,9-12H2,1-3H3,(H,23,24). The molecular weight excluding hydrogens is 356 g/mol. The topological polar surface area (TPSA) is 84.4 Å².